The van der Waals surface area contributed by atoms with Gasteiger partial charge < -0.3 is 5.32 Å². The van der Waals surface area contributed by atoms with Crippen molar-refractivity contribution in [2.24, 2.45) is 11.8 Å². The molecule has 1 aliphatic rings. The average Bonchev–Trinajstić information content (AvgIpc) is 2.02. The van der Waals surface area contributed by atoms with Crippen LogP contribution in [0.3, 0.4) is 0 Å². The molecule has 11 heavy (non-hydrogen) atoms. The molecular weight excluding hydrogens is 134 g/mol. The summed E-state index contributed by atoms with van der Waals surface area (Å²) in [5.74, 6) is 1.88. The fourth-order valence-electron chi connectivity index (χ4n) is 1.97. The molecule has 1 nitrogen and oxygen atoms in total. The van der Waals surface area contributed by atoms with Gasteiger partial charge in [0.25, 0.3) is 0 Å². The monoisotopic (exact) mass is 155 g/mol. The van der Waals surface area contributed by atoms with Gasteiger partial charge in [-0.25, -0.2) is 0 Å². The Morgan fingerprint density at radius 1 is 1.00 bits per heavy atom. The summed E-state index contributed by atoms with van der Waals surface area (Å²) in [6.45, 7) is 7.23. The summed E-state index contributed by atoms with van der Waals surface area (Å²) in [6.07, 6.45) is 5.58. The fourth-order valence-corrected chi connectivity index (χ4v) is 1.97. The van der Waals surface area contributed by atoms with Crippen LogP contribution >= 0.6 is 0 Å². The van der Waals surface area contributed by atoms with Crippen molar-refractivity contribution in [2.45, 2.75) is 39.5 Å². The second-order valence-electron chi connectivity index (χ2n) is 4.13. The minimum absolute atomic E-state index is 0.926. The summed E-state index contributed by atoms with van der Waals surface area (Å²) >= 11 is 0. The smallest absolute Gasteiger partial charge is 0.00464 e. The van der Waals surface area contributed by atoms with Crippen LogP contribution in [0.1, 0.15) is 39.5 Å². The highest BCUT2D eigenvalue weighted by molar-refractivity contribution is 4.64. The third-order valence-electron chi connectivity index (χ3n) is 2.67. The Balaban J connectivity index is 2.27. The highest BCUT2D eigenvalue weighted by Crippen LogP contribution is 2.19. The van der Waals surface area contributed by atoms with Gasteiger partial charge in [0.05, 0.1) is 0 Å². The average molecular weight is 155 g/mol. The van der Waals surface area contributed by atoms with Crippen molar-refractivity contribution in [3.8, 4) is 0 Å². The molecule has 1 saturated heterocycles. The number of hydrogen-bond acceptors (Lipinski definition) is 1. The van der Waals surface area contributed by atoms with Crippen LogP contribution in [-0.4, -0.2) is 13.1 Å². The molecule has 0 amide bonds. The lowest BCUT2D eigenvalue weighted by Gasteiger charge is -2.14. The summed E-state index contributed by atoms with van der Waals surface area (Å²) in [4.78, 5) is 0. The van der Waals surface area contributed by atoms with Crippen molar-refractivity contribution in [3.63, 3.8) is 0 Å². The van der Waals surface area contributed by atoms with Crippen molar-refractivity contribution < 1.29 is 0 Å². The van der Waals surface area contributed by atoms with E-state index in [2.05, 4.69) is 19.2 Å². The van der Waals surface area contributed by atoms with Crippen LogP contribution in [0.2, 0.25) is 0 Å². The minimum atomic E-state index is 0.926. The minimum Gasteiger partial charge on any atom is -0.317 e. The summed E-state index contributed by atoms with van der Waals surface area (Å²) in [7, 11) is 0. The fraction of sp³-hybridized carbons (Fsp3) is 1.00. The van der Waals surface area contributed by atoms with Crippen LogP contribution < -0.4 is 5.32 Å². The predicted octanol–water partition coefficient (Wildman–Crippen LogP) is 2.42. The van der Waals surface area contributed by atoms with Crippen LogP contribution in [0.25, 0.3) is 0 Å². The molecule has 0 saturated carbocycles. The topological polar surface area (TPSA) is 12.0 Å². The SMILES string of the molecule is CC1CCCNCCC(C)C1. The molecule has 1 aliphatic heterocycles. The van der Waals surface area contributed by atoms with Gasteiger partial charge in [0.1, 0.15) is 0 Å². The molecule has 1 heteroatoms. The maximum Gasteiger partial charge on any atom is -0.00464 e. The maximum absolute atomic E-state index is 3.48. The molecule has 2 atom stereocenters. The van der Waals surface area contributed by atoms with Crippen LogP contribution in [0.5, 0.6) is 0 Å². The molecule has 1 rings (SSSR count). The van der Waals surface area contributed by atoms with Gasteiger partial charge in [0.15, 0.2) is 0 Å². The highest BCUT2D eigenvalue weighted by Gasteiger charge is 2.10. The lowest BCUT2D eigenvalue weighted by Crippen LogP contribution is -2.17. The van der Waals surface area contributed by atoms with Crippen LogP contribution in [0, 0.1) is 11.8 Å². The molecule has 0 bridgehead atoms. The molecule has 0 aromatic heterocycles. The van der Waals surface area contributed by atoms with Gasteiger partial charge in [0, 0.05) is 0 Å². The number of hydrogen-bond donors (Lipinski definition) is 1. The van der Waals surface area contributed by atoms with Gasteiger partial charge >= 0.3 is 0 Å². The Hall–Kier alpha value is -0.0400. The standard InChI is InChI=1S/C10H21N/c1-9-4-3-6-11-7-5-10(2)8-9/h9-11H,3-8H2,1-2H3. The Morgan fingerprint density at radius 3 is 2.55 bits per heavy atom. The third-order valence-corrected chi connectivity index (χ3v) is 2.67. The van der Waals surface area contributed by atoms with Crippen molar-refractivity contribution in [2.75, 3.05) is 13.1 Å². The van der Waals surface area contributed by atoms with E-state index in [1.807, 2.05) is 0 Å². The lowest BCUT2D eigenvalue weighted by molar-refractivity contribution is 0.388. The predicted molar refractivity (Wildman–Crippen MR) is 49.7 cm³/mol. The van der Waals surface area contributed by atoms with E-state index >= 15 is 0 Å². The summed E-state index contributed by atoms with van der Waals surface area (Å²) in [5, 5.41) is 3.48. The highest BCUT2D eigenvalue weighted by atomic mass is 14.8. The molecule has 0 spiro atoms. The molecule has 0 radical (unpaired) electrons. The van der Waals surface area contributed by atoms with Crippen molar-refractivity contribution >= 4 is 0 Å². The van der Waals surface area contributed by atoms with Gasteiger partial charge in [-0.3, -0.25) is 0 Å². The molecule has 66 valence electrons. The first-order valence-electron chi connectivity index (χ1n) is 4.99. The molecular formula is C10H21N. The van der Waals surface area contributed by atoms with Gasteiger partial charge in [0.2, 0.25) is 0 Å². The lowest BCUT2D eigenvalue weighted by atomic mass is 9.92. The molecule has 0 aliphatic carbocycles. The van der Waals surface area contributed by atoms with E-state index < -0.39 is 0 Å². The molecule has 1 fully saturated rings. The van der Waals surface area contributed by atoms with Gasteiger partial charge in [-0.1, -0.05) is 13.8 Å². The van der Waals surface area contributed by atoms with E-state index in [4.69, 9.17) is 0 Å². The zero-order chi connectivity index (χ0) is 8.10. The first-order chi connectivity index (χ1) is 5.29. The third kappa shape index (κ3) is 3.76. The van der Waals surface area contributed by atoms with Crippen molar-refractivity contribution in [1.29, 1.82) is 0 Å². The molecule has 1 N–H and O–H groups in total. The van der Waals surface area contributed by atoms with Gasteiger partial charge in [-0.05, 0) is 50.6 Å². The maximum atomic E-state index is 3.48. The molecule has 2 unspecified atom stereocenters. The zero-order valence-corrected chi connectivity index (χ0v) is 7.90. The van der Waals surface area contributed by atoms with E-state index in [9.17, 15) is 0 Å². The first kappa shape index (κ1) is 9.05. The Labute approximate surface area is 70.6 Å². The quantitative estimate of drug-likeness (QED) is 0.566. The second kappa shape index (κ2) is 4.76. The number of nitrogens with one attached hydrogen (secondary N) is 1. The van der Waals surface area contributed by atoms with E-state index in [0.29, 0.717) is 0 Å². The normalized spacial score (nSPS) is 35.5. The van der Waals surface area contributed by atoms with Gasteiger partial charge in [-0.15, -0.1) is 0 Å². The second-order valence-corrected chi connectivity index (χ2v) is 4.13. The summed E-state index contributed by atoms with van der Waals surface area (Å²) in [5.41, 5.74) is 0. The number of rotatable bonds is 0. The largest absolute Gasteiger partial charge is 0.317 e. The van der Waals surface area contributed by atoms with Gasteiger partial charge in [-0.2, -0.15) is 0 Å². The van der Waals surface area contributed by atoms with Crippen molar-refractivity contribution in [3.05, 3.63) is 0 Å². The Morgan fingerprint density at radius 2 is 1.73 bits per heavy atom. The van der Waals surface area contributed by atoms with Crippen molar-refractivity contribution in [1.82, 2.24) is 5.32 Å². The van der Waals surface area contributed by atoms with E-state index in [0.717, 1.165) is 11.8 Å². The summed E-state index contributed by atoms with van der Waals surface area (Å²) < 4.78 is 0. The summed E-state index contributed by atoms with van der Waals surface area (Å²) in [6, 6.07) is 0. The Kier molecular flexibility index (Phi) is 3.92. The van der Waals surface area contributed by atoms with Crippen LogP contribution in [0.15, 0.2) is 0 Å². The molecule has 0 aromatic carbocycles. The van der Waals surface area contributed by atoms with Crippen LogP contribution in [0.4, 0.5) is 0 Å². The van der Waals surface area contributed by atoms with E-state index in [1.54, 1.807) is 0 Å². The molecule has 1 heterocycles. The zero-order valence-electron chi connectivity index (χ0n) is 7.90. The van der Waals surface area contributed by atoms with Crippen LogP contribution in [-0.2, 0) is 0 Å². The first-order valence-corrected chi connectivity index (χ1v) is 4.99. The Bertz CT molecular complexity index is 89.0. The van der Waals surface area contributed by atoms with E-state index in [-0.39, 0.29) is 0 Å². The molecule has 0 aromatic rings. The van der Waals surface area contributed by atoms with E-state index in [1.165, 1.54) is 38.8 Å².